The first kappa shape index (κ1) is 30.3. The summed E-state index contributed by atoms with van der Waals surface area (Å²) in [7, 11) is 3.05. The normalized spacial score (nSPS) is 15.2. The Balaban J connectivity index is 0.000000222. The lowest BCUT2D eigenvalue weighted by molar-refractivity contribution is -0.385. The Morgan fingerprint density at radius 3 is 1.52 bits per heavy atom. The highest BCUT2D eigenvalue weighted by molar-refractivity contribution is 5.74. The molecule has 2 aliphatic rings. The molecule has 12 heteroatoms. The predicted molar refractivity (Wildman–Crippen MR) is 155 cm³/mol. The summed E-state index contributed by atoms with van der Waals surface area (Å²) in [4.78, 5) is 41.3. The first-order valence-corrected chi connectivity index (χ1v) is 13.2. The van der Waals surface area contributed by atoms with E-state index in [0.29, 0.717) is 37.6 Å². The first-order chi connectivity index (χ1) is 19.0. The van der Waals surface area contributed by atoms with E-state index in [1.165, 1.54) is 13.2 Å². The summed E-state index contributed by atoms with van der Waals surface area (Å²) in [5.74, 6) is 1.18. The monoisotopic (exact) mass is 556 g/mol. The number of aryl methyl sites for hydroxylation is 2. The molecule has 2 aromatic rings. The van der Waals surface area contributed by atoms with Crippen LogP contribution in [0.5, 0.6) is 11.5 Å². The van der Waals surface area contributed by atoms with Crippen LogP contribution in [0.2, 0.25) is 0 Å². The Labute approximate surface area is 235 Å². The summed E-state index contributed by atoms with van der Waals surface area (Å²) in [5, 5.41) is 11.0. The van der Waals surface area contributed by atoms with Gasteiger partial charge in [-0.1, -0.05) is 0 Å². The van der Waals surface area contributed by atoms with Gasteiger partial charge in [0, 0.05) is 95.8 Å². The van der Waals surface area contributed by atoms with Gasteiger partial charge in [-0.15, -0.1) is 0 Å². The molecule has 0 bridgehead atoms. The highest BCUT2D eigenvalue weighted by atomic mass is 16.6. The molecule has 12 nitrogen and oxygen atoms in total. The average molecular weight is 557 g/mol. The van der Waals surface area contributed by atoms with Gasteiger partial charge in [0.15, 0.2) is 5.75 Å². The lowest BCUT2D eigenvalue weighted by atomic mass is 10.1. The molecular weight excluding hydrogens is 516 g/mol. The minimum Gasteiger partial charge on any atom is -0.495 e. The number of nitro benzene ring substituents is 1. The molecule has 2 saturated heterocycles. The fraction of sp³-hybridized carbons (Fsp3) is 0.500. The van der Waals surface area contributed by atoms with Gasteiger partial charge in [-0.25, -0.2) is 0 Å². The number of ether oxygens (including phenoxy) is 2. The third kappa shape index (κ3) is 7.04. The topological polar surface area (TPSA) is 135 Å². The number of amides is 2. The maximum atomic E-state index is 11.3. The van der Waals surface area contributed by atoms with Crippen LogP contribution in [0.25, 0.3) is 0 Å². The highest BCUT2D eigenvalue weighted by Crippen LogP contribution is 2.35. The highest BCUT2D eigenvalue weighted by Gasteiger charge is 2.24. The van der Waals surface area contributed by atoms with Crippen LogP contribution < -0.4 is 25.0 Å². The maximum Gasteiger partial charge on any atom is 0.311 e. The van der Waals surface area contributed by atoms with E-state index in [1.54, 1.807) is 31.9 Å². The molecule has 2 N–H and O–H groups in total. The number of nitrogens with zero attached hydrogens (tertiary/aromatic N) is 5. The molecule has 2 amide bonds. The van der Waals surface area contributed by atoms with Crippen molar-refractivity contribution in [1.29, 1.82) is 0 Å². The van der Waals surface area contributed by atoms with Crippen LogP contribution in [0.15, 0.2) is 24.3 Å². The molecule has 0 spiro atoms. The van der Waals surface area contributed by atoms with Gasteiger partial charge < -0.3 is 34.8 Å². The largest absolute Gasteiger partial charge is 0.495 e. The van der Waals surface area contributed by atoms with Gasteiger partial charge >= 0.3 is 5.69 Å². The zero-order chi connectivity index (χ0) is 29.6. The van der Waals surface area contributed by atoms with Crippen LogP contribution in [0.4, 0.5) is 22.7 Å². The molecule has 0 aliphatic carbocycles. The number of carbonyl (C=O) groups is 2. The van der Waals surface area contributed by atoms with Crippen molar-refractivity contribution in [1.82, 2.24) is 9.80 Å². The van der Waals surface area contributed by atoms with E-state index in [-0.39, 0.29) is 23.3 Å². The number of anilines is 3. The van der Waals surface area contributed by atoms with Crippen LogP contribution in [-0.4, -0.2) is 93.1 Å². The average Bonchev–Trinajstić information content (AvgIpc) is 2.93. The van der Waals surface area contributed by atoms with E-state index in [9.17, 15) is 19.7 Å². The molecule has 0 unspecified atom stereocenters. The number of rotatable bonds is 5. The second-order valence-corrected chi connectivity index (χ2v) is 9.93. The van der Waals surface area contributed by atoms with Crippen molar-refractivity contribution in [3.05, 3.63) is 45.5 Å². The molecule has 40 heavy (non-hydrogen) atoms. The summed E-state index contributed by atoms with van der Waals surface area (Å²) in [6.07, 6.45) is 0. The number of nitrogen functional groups attached to an aromatic ring is 1. The number of methoxy groups -OCH3 is 2. The Bertz CT molecular complexity index is 1240. The van der Waals surface area contributed by atoms with Crippen molar-refractivity contribution in [2.75, 3.05) is 82.1 Å². The summed E-state index contributed by atoms with van der Waals surface area (Å²) in [5.41, 5.74) is 10.5. The summed E-state index contributed by atoms with van der Waals surface area (Å²) >= 11 is 0. The number of nitrogens with two attached hydrogens (primary N) is 1. The van der Waals surface area contributed by atoms with Crippen molar-refractivity contribution < 1.29 is 24.0 Å². The van der Waals surface area contributed by atoms with E-state index in [2.05, 4.69) is 9.80 Å². The zero-order valence-electron chi connectivity index (χ0n) is 24.2. The Hall–Kier alpha value is -4.22. The number of nitro groups is 1. The second kappa shape index (κ2) is 13.2. The van der Waals surface area contributed by atoms with Gasteiger partial charge in [0.1, 0.15) is 5.75 Å². The molecule has 218 valence electrons. The number of piperazine rings is 2. The maximum absolute atomic E-state index is 11.3. The Morgan fingerprint density at radius 1 is 0.750 bits per heavy atom. The third-order valence-electron chi connectivity index (χ3n) is 7.37. The predicted octanol–water partition coefficient (Wildman–Crippen LogP) is 2.83. The summed E-state index contributed by atoms with van der Waals surface area (Å²) in [6, 6.07) is 7.15. The minimum absolute atomic E-state index is 0.0267. The van der Waals surface area contributed by atoms with Gasteiger partial charge in [-0.2, -0.15) is 0 Å². The molecule has 0 radical (unpaired) electrons. The molecule has 2 fully saturated rings. The van der Waals surface area contributed by atoms with Crippen molar-refractivity contribution in [2.45, 2.75) is 27.7 Å². The quantitative estimate of drug-likeness (QED) is 0.335. The van der Waals surface area contributed by atoms with E-state index in [1.807, 2.05) is 30.9 Å². The van der Waals surface area contributed by atoms with E-state index < -0.39 is 4.92 Å². The van der Waals surface area contributed by atoms with Gasteiger partial charge in [0.2, 0.25) is 11.8 Å². The molecular formula is C28H40N6O6. The van der Waals surface area contributed by atoms with Crippen LogP contribution in [0.3, 0.4) is 0 Å². The fourth-order valence-corrected chi connectivity index (χ4v) is 5.05. The van der Waals surface area contributed by atoms with Crippen LogP contribution in [-0.2, 0) is 9.59 Å². The summed E-state index contributed by atoms with van der Waals surface area (Å²) < 4.78 is 10.4. The molecule has 4 rings (SSSR count). The first-order valence-electron chi connectivity index (χ1n) is 13.2. The second-order valence-electron chi connectivity index (χ2n) is 9.93. The van der Waals surface area contributed by atoms with Crippen molar-refractivity contribution in [3.8, 4) is 11.5 Å². The number of carbonyl (C=O) groups excluding carboxylic acids is 2. The molecule has 2 aromatic carbocycles. The van der Waals surface area contributed by atoms with Gasteiger partial charge in [0.05, 0.1) is 24.8 Å². The van der Waals surface area contributed by atoms with Crippen molar-refractivity contribution >= 4 is 34.6 Å². The molecule has 0 atom stereocenters. The van der Waals surface area contributed by atoms with Crippen molar-refractivity contribution in [3.63, 3.8) is 0 Å². The zero-order valence-corrected chi connectivity index (χ0v) is 24.2. The SMILES string of the molecule is COc1cc(N2CCN(C(C)=O)CC2)c(C)cc1N.COc1cc(N2CCN(C(C)=O)CC2)c(C)cc1[N+](=O)[O-]. The minimum atomic E-state index is -0.441. The van der Waals surface area contributed by atoms with Gasteiger partial charge in [-0.3, -0.25) is 19.7 Å². The fourth-order valence-electron chi connectivity index (χ4n) is 5.05. The van der Waals surface area contributed by atoms with Crippen LogP contribution in [0, 0.1) is 24.0 Å². The molecule has 0 saturated carbocycles. The molecule has 2 aliphatic heterocycles. The number of hydrogen-bond donors (Lipinski definition) is 1. The van der Waals surface area contributed by atoms with Gasteiger partial charge in [-0.05, 0) is 31.0 Å². The van der Waals surface area contributed by atoms with Gasteiger partial charge in [0.25, 0.3) is 0 Å². The Morgan fingerprint density at radius 2 is 1.15 bits per heavy atom. The van der Waals surface area contributed by atoms with Crippen LogP contribution in [0.1, 0.15) is 25.0 Å². The van der Waals surface area contributed by atoms with E-state index in [4.69, 9.17) is 15.2 Å². The molecule has 2 heterocycles. The van der Waals surface area contributed by atoms with Crippen LogP contribution >= 0.6 is 0 Å². The number of benzene rings is 2. The van der Waals surface area contributed by atoms with E-state index >= 15 is 0 Å². The number of hydrogen-bond acceptors (Lipinski definition) is 9. The Kier molecular flexibility index (Phi) is 10.0. The lowest BCUT2D eigenvalue weighted by Crippen LogP contribution is -2.48. The van der Waals surface area contributed by atoms with E-state index in [0.717, 1.165) is 48.7 Å². The van der Waals surface area contributed by atoms with Crippen molar-refractivity contribution in [2.24, 2.45) is 0 Å². The standard InChI is InChI=1S/C14H19N3O4.C14H21N3O2/c1-10-8-13(17(19)20)14(21-3)9-12(10)16-6-4-15(5-7-16)11(2)18;1-10-8-12(15)14(19-3)9-13(10)17-6-4-16(5-7-17)11(2)18/h8-9H,4-7H2,1-3H3;8-9H,4-7,15H2,1-3H3. The lowest BCUT2D eigenvalue weighted by Gasteiger charge is -2.36. The summed E-state index contributed by atoms with van der Waals surface area (Å²) in [6.45, 7) is 13.0. The molecule has 0 aromatic heterocycles. The third-order valence-corrected chi connectivity index (χ3v) is 7.37. The smallest absolute Gasteiger partial charge is 0.311 e.